The maximum absolute atomic E-state index is 13.3. The van der Waals surface area contributed by atoms with E-state index in [1.54, 1.807) is 22.1 Å². The van der Waals surface area contributed by atoms with Crippen molar-refractivity contribution in [2.45, 2.75) is 40.3 Å². The second-order valence-corrected chi connectivity index (χ2v) is 7.97. The predicted molar refractivity (Wildman–Crippen MR) is 126 cm³/mol. The second-order valence-electron chi connectivity index (χ2n) is 7.97. The Hall–Kier alpha value is -3.54. The highest BCUT2D eigenvalue weighted by molar-refractivity contribution is 5.92. The lowest BCUT2D eigenvalue weighted by Crippen LogP contribution is -2.44. The summed E-state index contributed by atoms with van der Waals surface area (Å²) >= 11 is 0. The maximum atomic E-state index is 13.3. The van der Waals surface area contributed by atoms with Crippen LogP contribution in [0.25, 0.3) is 0 Å². The molecule has 6 heteroatoms. The number of amides is 3. The molecule has 1 N–H and O–H groups in total. The van der Waals surface area contributed by atoms with E-state index >= 15 is 0 Å². The molecule has 0 fully saturated rings. The minimum absolute atomic E-state index is 0.00193. The van der Waals surface area contributed by atoms with E-state index in [0.717, 1.165) is 28.8 Å². The van der Waals surface area contributed by atoms with Crippen LogP contribution in [-0.2, 0) is 17.9 Å². The van der Waals surface area contributed by atoms with Crippen molar-refractivity contribution in [3.05, 3.63) is 89.4 Å². The summed E-state index contributed by atoms with van der Waals surface area (Å²) in [6, 6.07) is 19.0. The van der Waals surface area contributed by atoms with Crippen molar-refractivity contribution in [2.75, 3.05) is 18.4 Å². The molecule has 0 aliphatic rings. The number of nitrogens with one attached hydrogen (secondary N) is 1. The number of anilines is 1. The van der Waals surface area contributed by atoms with Crippen LogP contribution < -0.4 is 5.32 Å². The Kier molecular flexibility index (Phi) is 8.08. The second kappa shape index (κ2) is 11.2. The molecule has 0 radical (unpaired) electrons. The minimum atomic E-state index is -0.277. The highest BCUT2D eigenvalue weighted by atomic mass is 16.3. The van der Waals surface area contributed by atoms with Crippen LogP contribution in [0.1, 0.15) is 35.8 Å². The summed E-state index contributed by atoms with van der Waals surface area (Å²) in [4.78, 5) is 29.5. The Bertz CT molecular complexity index is 1020. The number of hydrogen-bond donors (Lipinski definition) is 1. The first kappa shape index (κ1) is 23.1. The molecular formula is C26H31N3O3. The van der Waals surface area contributed by atoms with Crippen molar-refractivity contribution in [3.63, 3.8) is 0 Å². The van der Waals surface area contributed by atoms with Gasteiger partial charge in [0.05, 0.1) is 12.8 Å². The third-order valence-electron chi connectivity index (χ3n) is 5.36. The summed E-state index contributed by atoms with van der Waals surface area (Å²) in [7, 11) is 0. The summed E-state index contributed by atoms with van der Waals surface area (Å²) in [5, 5.41) is 2.93. The molecule has 2 aromatic carbocycles. The average Bonchev–Trinajstić information content (AvgIpc) is 3.29. The van der Waals surface area contributed by atoms with E-state index in [9.17, 15) is 9.59 Å². The van der Waals surface area contributed by atoms with Crippen LogP contribution >= 0.6 is 0 Å². The fourth-order valence-electron chi connectivity index (χ4n) is 3.43. The fourth-order valence-corrected chi connectivity index (χ4v) is 3.43. The van der Waals surface area contributed by atoms with Gasteiger partial charge < -0.3 is 19.5 Å². The zero-order valence-corrected chi connectivity index (χ0v) is 19.0. The van der Waals surface area contributed by atoms with Gasteiger partial charge in [0.25, 0.3) is 0 Å². The molecule has 0 saturated heterocycles. The molecule has 168 valence electrons. The number of aryl methyl sites for hydroxylation is 2. The van der Waals surface area contributed by atoms with Crippen molar-refractivity contribution in [2.24, 2.45) is 0 Å². The molecule has 0 spiro atoms. The summed E-state index contributed by atoms with van der Waals surface area (Å²) in [5.74, 6) is 0.574. The highest BCUT2D eigenvalue weighted by Gasteiger charge is 2.22. The minimum Gasteiger partial charge on any atom is -0.467 e. The van der Waals surface area contributed by atoms with Crippen molar-refractivity contribution >= 4 is 17.6 Å². The number of hydrogen-bond acceptors (Lipinski definition) is 3. The standard InChI is InChI=1S/C26H31N3O3/c1-4-14-28(26(31)27-23-13-12-20(2)21(3)16-23)19-25(30)29(18-24-11-8-15-32-24)17-22-9-6-5-7-10-22/h5-13,15-16H,4,14,17-19H2,1-3H3,(H,27,31). The molecule has 3 amide bonds. The van der Waals surface area contributed by atoms with Crippen molar-refractivity contribution < 1.29 is 14.0 Å². The van der Waals surface area contributed by atoms with Gasteiger partial charge in [-0.25, -0.2) is 4.79 Å². The lowest BCUT2D eigenvalue weighted by molar-refractivity contribution is -0.133. The number of furan rings is 1. The summed E-state index contributed by atoms with van der Waals surface area (Å²) in [6.07, 6.45) is 2.35. The lowest BCUT2D eigenvalue weighted by Gasteiger charge is -2.27. The maximum Gasteiger partial charge on any atom is 0.322 e. The Morgan fingerprint density at radius 3 is 2.34 bits per heavy atom. The Balaban J connectivity index is 1.72. The van der Waals surface area contributed by atoms with E-state index in [1.165, 1.54) is 0 Å². The molecule has 0 aliphatic carbocycles. The molecule has 0 saturated carbocycles. The smallest absolute Gasteiger partial charge is 0.322 e. The topological polar surface area (TPSA) is 65.8 Å². The fraction of sp³-hybridized carbons (Fsp3) is 0.308. The number of carbonyl (C=O) groups excluding carboxylic acids is 2. The van der Waals surface area contributed by atoms with Crippen molar-refractivity contribution in [1.29, 1.82) is 0 Å². The van der Waals surface area contributed by atoms with E-state index in [4.69, 9.17) is 4.42 Å². The van der Waals surface area contributed by atoms with Gasteiger partial charge in [0.2, 0.25) is 5.91 Å². The van der Waals surface area contributed by atoms with Crippen LogP contribution in [0.5, 0.6) is 0 Å². The number of rotatable bonds is 9. The van der Waals surface area contributed by atoms with Gasteiger partial charge in [-0.05, 0) is 61.2 Å². The first-order valence-electron chi connectivity index (χ1n) is 10.9. The normalized spacial score (nSPS) is 10.6. The molecule has 1 heterocycles. The molecule has 0 bridgehead atoms. The molecule has 3 aromatic rings. The highest BCUT2D eigenvalue weighted by Crippen LogP contribution is 2.16. The van der Waals surface area contributed by atoms with E-state index in [-0.39, 0.29) is 18.5 Å². The van der Waals surface area contributed by atoms with Crippen molar-refractivity contribution in [1.82, 2.24) is 9.80 Å². The van der Waals surface area contributed by atoms with Crippen LogP contribution in [0.2, 0.25) is 0 Å². The summed E-state index contributed by atoms with van der Waals surface area (Å²) < 4.78 is 5.46. The van der Waals surface area contributed by atoms with Crippen LogP contribution in [-0.4, -0.2) is 34.8 Å². The Labute approximate surface area is 189 Å². The molecule has 0 aliphatic heterocycles. The van der Waals surface area contributed by atoms with Crippen molar-refractivity contribution in [3.8, 4) is 0 Å². The SMILES string of the molecule is CCCN(CC(=O)N(Cc1ccccc1)Cc1ccco1)C(=O)Nc1ccc(C)c(C)c1. The zero-order chi connectivity index (χ0) is 22.9. The van der Waals surface area contributed by atoms with Gasteiger partial charge in [0.1, 0.15) is 12.3 Å². The van der Waals surface area contributed by atoms with Crippen LogP contribution in [0, 0.1) is 13.8 Å². The largest absolute Gasteiger partial charge is 0.467 e. The van der Waals surface area contributed by atoms with Crippen LogP contribution in [0.15, 0.2) is 71.3 Å². The summed E-state index contributed by atoms with van der Waals surface area (Å²) in [6.45, 7) is 7.31. The monoisotopic (exact) mass is 433 g/mol. The first-order valence-corrected chi connectivity index (χ1v) is 10.9. The Morgan fingerprint density at radius 1 is 0.906 bits per heavy atom. The van der Waals surface area contributed by atoms with Gasteiger partial charge in [0.15, 0.2) is 0 Å². The van der Waals surface area contributed by atoms with Gasteiger partial charge >= 0.3 is 6.03 Å². The van der Waals surface area contributed by atoms with Crippen LogP contribution in [0.4, 0.5) is 10.5 Å². The zero-order valence-electron chi connectivity index (χ0n) is 19.0. The van der Waals surface area contributed by atoms with Gasteiger partial charge in [-0.15, -0.1) is 0 Å². The van der Waals surface area contributed by atoms with E-state index in [1.807, 2.05) is 75.4 Å². The van der Waals surface area contributed by atoms with E-state index in [2.05, 4.69) is 5.32 Å². The van der Waals surface area contributed by atoms with Gasteiger partial charge in [-0.3, -0.25) is 4.79 Å². The first-order chi connectivity index (χ1) is 15.5. The quantitative estimate of drug-likeness (QED) is 0.493. The Morgan fingerprint density at radius 2 is 1.69 bits per heavy atom. The van der Waals surface area contributed by atoms with Gasteiger partial charge in [-0.2, -0.15) is 0 Å². The summed E-state index contributed by atoms with van der Waals surface area (Å²) in [5.41, 5.74) is 4.02. The van der Waals surface area contributed by atoms with E-state index < -0.39 is 0 Å². The number of urea groups is 1. The average molecular weight is 434 g/mol. The number of benzene rings is 2. The number of carbonyl (C=O) groups is 2. The lowest BCUT2D eigenvalue weighted by atomic mass is 10.1. The van der Waals surface area contributed by atoms with Crippen LogP contribution in [0.3, 0.4) is 0 Å². The van der Waals surface area contributed by atoms with Gasteiger partial charge in [0, 0.05) is 18.8 Å². The molecule has 1 aromatic heterocycles. The molecule has 6 nitrogen and oxygen atoms in total. The molecule has 0 unspecified atom stereocenters. The van der Waals surface area contributed by atoms with E-state index in [0.29, 0.717) is 25.4 Å². The third-order valence-corrected chi connectivity index (χ3v) is 5.36. The predicted octanol–water partition coefficient (Wildman–Crippen LogP) is 5.37. The molecular weight excluding hydrogens is 402 g/mol. The van der Waals surface area contributed by atoms with Gasteiger partial charge in [-0.1, -0.05) is 43.3 Å². The third kappa shape index (κ3) is 6.48. The molecule has 3 rings (SSSR count). The number of nitrogens with zero attached hydrogens (tertiary/aromatic N) is 2. The molecule has 0 atom stereocenters. The molecule has 32 heavy (non-hydrogen) atoms.